The number of carbonyl (C=O) groups excluding carboxylic acids is 3. The highest BCUT2D eigenvalue weighted by Gasteiger charge is 2.28. The average Bonchev–Trinajstić information content (AvgIpc) is 2.60. The number of carboxylic acid groups (broad SMARTS) is 1. The minimum Gasteiger partial charge on any atom is -0.508 e. The van der Waals surface area contributed by atoms with Crippen molar-refractivity contribution in [3.8, 4) is 5.75 Å². The molecular weight excluding hydrogens is 376 g/mol. The quantitative estimate of drug-likeness (QED) is 0.225. The highest BCUT2D eigenvalue weighted by Crippen LogP contribution is 2.12. The summed E-state index contributed by atoms with van der Waals surface area (Å²) in [5.74, 6) is -3.75. The first-order chi connectivity index (χ1) is 12.6. The van der Waals surface area contributed by atoms with Crippen LogP contribution in [0.15, 0.2) is 24.3 Å². The van der Waals surface area contributed by atoms with E-state index in [1.165, 1.54) is 12.1 Å². The van der Waals surface area contributed by atoms with Gasteiger partial charge >= 0.3 is 5.97 Å². The summed E-state index contributed by atoms with van der Waals surface area (Å²) in [5.41, 5.74) is 11.2. The van der Waals surface area contributed by atoms with Gasteiger partial charge in [0.25, 0.3) is 0 Å². The molecule has 1 rings (SSSR count). The second-order valence-electron chi connectivity index (χ2n) is 5.79. The molecule has 3 atom stereocenters. The molecule has 0 aliphatic carbocycles. The summed E-state index contributed by atoms with van der Waals surface area (Å²) < 4.78 is 0. The van der Waals surface area contributed by atoms with Crippen molar-refractivity contribution in [2.75, 3.05) is 5.75 Å². The number of aliphatic carboxylic acids is 1. The Balaban J connectivity index is 2.97. The van der Waals surface area contributed by atoms with Gasteiger partial charge in [0, 0.05) is 12.2 Å². The van der Waals surface area contributed by atoms with Gasteiger partial charge in [0.1, 0.15) is 17.8 Å². The van der Waals surface area contributed by atoms with Gasteiger partial charge < -0.3 is 32.3 Å². The molecular formula is C16H22N4O6S. The molecule has 148 valence electrons. The van der Waals surface area contributed by atoms with E-state index in [1.807, 2.05) is 0 Å². The highest BCUT2D eigenvalue weighted by molar-refractivity contribution is 7.80. The fraction of sp³-hybridized carbons (Fsp3) is 0.375. The number of carboxylic acids is 1. The van der Waals surface area contributed by atoms with Crippen LogP contribution in [0.1, 0.15) is 12.0 Å². The Kier molecular flexibility index (Phi) is 8.56. The summed E-state index contributed by atoms with van der Waals surface area (Å²) in [6, 6.07) is 2.22. The number of nitrogens with two attached hydrogens (primary N) is 2. The number of hydrogen-bond donors (Lipinski definition) is 7. The van der Waals surface area contributed by atoms with E-state index in [9.17, 15) is 24.3 Å². The first-order valence-electron chi connectivity index (χ1n) is 7.90. The predicted molar refractivity (Wildman–Crippen MR) is 98.9 cm³/mol. The summed E-state index contributed by atoms with van der Waals surface area (Å²) in [7, 11) is 0. The Bertz CT molecular complexity index is 697. The number of primary amides is 1. The Morgan fingerprint density at radius 3 is 2.07 bits per heavy atom. The van der Waals surface area contributed by atoms with E-state index in [0.717, 1.165) is 0 Å². The van der Waals surface area contributed by atoms with Gasteiger partial charge in [0.2, 0.25) is 17.7 Å². The smallest absolute Gasteiger partial charge is 0.326 e. The van der Waals surface area contributed by atoms with Crippen LogP contribution in [0.2, 0.25) is 0 Å². The molecule has 0 bridgehead atoms. The second kappa shape index (κ2) is 10.4. The van der Waals surface area contributed by atoms with E-state index in [4.69, 9.17) is 16.6 Å². The molecule has 0 aliphatic heterocycles. The van der Waals surface area contributed by atoms with E-state index in [-0.39, 0.29) is 17.9 Å². The Morgan fingerprint density at radius 2 is 1.59 bits per heavy atom. The number of amides is 3. The number of nitrogens with one attached hydrogen (secondary N) is 2. The molecule has 0 saturated carbocycles. The fourth-order valence-electron chi connectivity index (χ4n) is 2.11. The number of benzene rings is 1. The summed E-state index contributed by atoms with van der Waals surface area (Å²) >= 11 is 3.92. The minimum absolute atomic E-state index is 0.0000548. The molecule has 1 aromatic rings. The monoisotopic (exact) mass is 398 g/mol. The molecule has 0 radical (unpaired) electrons. The molecule has 3 unspecified atom stereocenters. The van der Waals surface area contributed by atoms with Gasteiger partial charge in [0.15, 0.2) is 0 Å². The van der Waals surface area contributed by atoms with Crippen molar-refractivity contribution >= 4 is 36.3 Å². The normalized spacial score (nSPS) is 13.9. The van der Waals surface area contributed by atoms with Crippen molar-refractivity contribution in [3.63, 3.8) is 0 Å². The minimum atomic E-state index is -1.53. The Hall–Kier alpha value is -2.79. The molecule has 1 aromatic carbocycles. The standard InChI is InChI=1S/C16H22N4O6S/c17-10(7-27)14(23)19-11(5-8-1-3-9(21)4-2-8)15(24)20-12(16(25)26)6-13(18)22/h1-4,10-12,21,27H,5-7,17H2,(H2,18,22)(H,19,23)(H,20,24)(H,25,26). The molecule has 27 heavy (non-hydrogen) atoms. The zero-order chi connectivity index (χ0) is 20.6. The van der Waals surface area contributed by atoms with Crippen molar-refractivity contribution in [3.05, 3.63) is 29.8 Å². The first-order valence-corrected chi connectivity index (χ1v) is 8.53. The molecule has 0 spiro atoms. The lowest BCUT2D eigenvalue weighted by atomic mass is 10.0. The van der Waals surface area contributed by atoms with Crippen LogP contribution in [0, 0.1) is 0 Å². The van der Waals surface area contributed by atoms with Crippen molar-refractivity contribution in [1.82, 2.24) is 10.6 Å². The summed E-state index contributed by atoms with van der Waals surface area (Å²) in [6.45, 7) is 0. The number of rotatable bonds is 10. The lowest BCUT2D eigenvalue weighted by Crippen LogP contribution is -2.56. The van der Waals surface area contributed by atoms with Crippen LogP contribution < -0.4 is 22.1 Å². The van der Waals surface area contributed by atoms with Gasteiger partial charge in [-0.1, -0.05) is 12.1 Å². The number of aromatic hydroxyl groups is 1. The predicted octanol–water partition coefficient (Wildman–Crippen LogP) is -1.88. The van der Waals surface area contributed by atoms with Gasteiger partial charge in [-0.05, 0) is 17.7 Å². The summed E-state index contributed by atoms with van der Waals surface area (Å²) in [5, 5.41) is 23.1. The van der Waals surface area contributed by atoms with Gasteiger partial charge in [-0.3, -0.25) is 14.4 Å². The van der Waals surface area contributed by atoms with Crippen LogP contribution >= 0.6 is 12.6 Å². The van der Waals surface area contributed by atoms with E-state index in [1.54, 1.807) is 12.1 Å². The zero-order valence-corrected chi connectivity index (χ0v) is 15.2. The van der Waals surface area contributed by atoms with Crippen LogP contribution in [-0.2, 0) is 25.6 Å². The summed E-state index contributed by atoms with van der Waals surface area (Å²) in [6.07, 6.45) is -0.600. The molecule has 11 heteroatoms. The van der Waals surface area contributed by atoms with Crippen molar-refractivity contribution < 1.29 is 29.4 Å². The number of carbonyl (C=O) groups is 4. The number of phenols is 1. The lowest BCUT2D eigenvalue weighted by molar-refractivity contribution is -0.143. The zero-order valence-electron chi connectivity index (χ0n) is 14.3. The van der Waals surface area contributed by atoms with Crippen molar-refractivity contribution in [2.45, 2.75) is 31.0 Å². The van der Waals surface area contributed by atoms with Crippen molar-refractivity contribution in [2.24, 2.45) is 11.5 Å². The maximum absolute atomic E-state index is 12.5. The molecule has 3 amide bonds. The molecule has 0 fully saturated rings. The number of thiol groups is 1. The molecule has 0 aromatic heterocycles. The van der Waals surface area contributed by atoms with E-state index < -0.39 is 48.2 Å². The lowest BCUT2D eigenvalue weighted by Gasteiger charge is -2.22. The van der Waals surface area contributed by atoms with Gasteiger partial charge in [0.05, 0.1) is 12.5 Å². The molecule has 0 heterocycles. The fourth-order valence-corrected chi connectivity index (χ4v) is 2.28. The third kappa shape index (κ3) is 7.54. The van der Waals surface area contributed by atoms with Gasteiger partial charge in [-0.25, -0.2) is 4.79 Å². The number of hydrogen-bond acceptors (Lipinski definition) is 7. The average molecular weight is 398 g/mol. The third-order valence-electron chi connectivity index (χ3n) is 3.56. The highest BCUT2D eigenvalue weighted by atomic mass is 32.1. The first kappa shape index (κ1) is 22.3. The molecule has 8 N–H and O–H groups in total. The van der Waals surface area contributed by atoms with Crippen LogP contribution in [0.25, 0.3) is 0 Å². The van der Waals surface area contributed by atoms with E-state index in [2.05, 4.69) is 23.3 Å². The van der Waals surface area contributed by atoms with Crippen LogP contribution in [-0.4, -0.2) is 57.8 Å². The Morgan fingerprint density at radius 1 is 1.04 bits per heavy atom. The third-order valence-corrected chi connectivity index (χ3v) is 3.96. The SMILES string of the molecule is NC(=O)CC(NC(=O)C(Cc1ccc(O)cc1)NC(=O)C(N)CS)C(=O)O. The van der Waals surface area contributed by atoms with Crippen molar-refractivity contribution in [1.29, 1.82) is 0 Å². The maximum Gasteiger partial charge on any atom is 0.326 e. The topological polar surface area (TPSA) is 185 Å². The van der Waals surface area contributed by atoms with Crippen LogP contribution in [0.5, 0.6) is 5.75 Å². The van der Waals surface area contributed by atoms with Crippen LogP contribution in [0.4, 0.5) is 0 Å². The Labute approximate surface area is 160 Å². The van der Waals surface area contributed by atoms with E-state index in [0.29, 0.717) is 5.56 Å². The van der Waals surface area contributed by atoms with Gasteiger partial charge in [-0.2, -0.15) is 12.6 Å². The van der Waals surface area contributed by atoms with Gasteiger partial charge in [-0.15, -0.1) is 0 Å². The van der Waals surface area contributed by atoms with E-state index >= 15 is 0 Å². The largest absolute Gasteiger partial charge is 0.508 e. The molecule has 10 nitrogen and oxygen atoms in total. The number of phenolic OH excluding ortho intramolecular Hbond substituents is 1. The second-order valence-corrected chi connectivity index (χ2v) is 6.16. The summed E-state index contributed by atoms with van der Waals surface area (Å²) in [4.78, 5) is 46.7. The molecule has 0 aliphatic rings. The maximum atomic E-state index is 12.5. The molecule has 0 saturated heterocycles. The van der Waals surface area contributed by atoms with Crippen LogP contribution in [0.3, 0.4) is 0 Å².